The maximum absolute atomic E-state index is 14.9. The van der Waals surface area contributed by atoms with E-state index in [1.165, 1.54) is 0 Å². The van der Waals surface area contributed by atoms with E-state index in [4.69, 9.17) is 56.8 Å². The number of ether oxygens (including phenoxy) is 12. The molecule has 0 aromatic carbocycles. The Kier molecular flexibility index (Phi) is 17.9. The lowest BCUT2D eigenvalue weighted by Gasteiger charge is -2.61. The number of hydrogen-bond acceptors (Lipinski definition) is 27. The predicted octanol–water partition coefficient (Wildman–Crippen LogP) is -4.67. The monoisotopic (exact) mass is 1170 g/mol. The lowest BCUT2D eigenvalue weighted by molar-refractivity contribution is -0.408. The van der Waals surface area contributed by atoms with Crippen LogP contribution in [0.15, 0.2) is 0 Å². The molecule has 7 aliphatic heterocycles. The van der Waals surface area contributed by atoms with Crippen molar-refractivity contribution in [2.75, 3.05) is 33.0 Å². The van der Waals surface area contributed by atoms with Gasteiger partial charge >= 0.3 is 0 Å². The van der Waals surface area contributed by atoms with Crippen molar-refractivity contribution in [3.63, 3.8) is 0 Å². The molecule has 7 saturated heterocycles. The summed E-state index contributed by atoms with van der Waals surface area (Å²) < 4.78 is 72.1. The van der Waals surface area contributed by atoms with E-state index >= 15 is 0 Å². The van der Waals surface area contributed by atoms with Gasteiger partial charge in [-0.2, -0.15) is 0 Å². The fourth-order valence-corrected chi connectivity index (χ4v) is 16.5. The van der Waals surface area contributed by atoms with Crippen LogP contribution in [0.25, 0.3) is 0 Å². The van der Waals surface area contributed by atoms with Crippen LogP contribution in [0, 0.1) is 52.3 Å². The van der Waals surface area contributed by atoms with Crippen LogP contribution in [0.1, 0.15) is 85.5 Å². The quantitative estimate of drug-likeness (QED) is 0.0817. The van der Waals surface area contributed by atoms with E-state index in [1.54, 1.807) is 0 Å². The highest BCUT2D eigenvalue weighted by Crippen LogP contribution is 2.70. The summed E-state index contributed by atoms with van der Waals surface area (Å²) in [6.45, 7) is 6.81. The Hall–Kier alpha value is -1.37. The van der Waals surface area contributed by atoms with Gasteiger partial charge in [-0.15, -0.1) is 0 Å². The second-order valence-corrected chi connectivity index (χ2v) is 25.8. The van der Waals surface area contributed by atoms with Gasteiger partial charge in [-0.05, 0) is 80.0 Å². The Morgan fingerprint density at radius 1 is 0.543 bits per heavy atom. The number of aliphatic hydroxyl groups excluding tert-OH is 14. The second kappa shape index (κ2) is 23.6. The molecule has 11 fully saturated rings. The van der Waals surface area contributed by atoms with Gasteiger partial charge in [0, 0.05) is 30.1 Å². The maximum atomic E-state index is 14.9. The van der Waals surface area contributed by atoms with E-state index in [0.29, 0.717) is 44.1 Å². The summed E-state index contributed by atoms with van der Waals surface area (Å²) in [5.41, 5.74) is -0.777. The van der Waals surface area contributed by atoms with Crippen LogP contribution in [-0.2, 0) is 61.6 Å². The molecule has 4 saturated carbocycles. The fraction of sp³-hybridized carbons (Fsp3) is 0.981. The molecule has 27 nitrogen and oxygen atoms in total. The van der Waals surface area contributed by atoms with E-state index in [9.17, 15) is 76.3 Å². The number of aliphatic hydroxyl groups is 14. The summed E-state index contributed by atoms with van der Waals surface area (Å²) in [5.74, 6) is 0.901. The topological polar surface area (TPSA) is 411 Å². The van der Waals surface area contributed by atoms with Gasteiger partial charge in [0.1, 0.15) is 110 Å². The van der Waals surface area contributed by atoms with Crippen molar-refractivity contribution in [2.24, 2.45) is 52.3 Å². The first kappa shape index (κ1) is 61.3. The Morgan fingerprint density at radius 3 is 1.79 bits per heavy atom. The SMILES string of the molecule is C[C@@H]1CC[C@@]2(OC1)O[C@H]1C[C@H]3[C@@H]4CC[C@H]5C[C@@H](O[C@@H]6O[C@H](CO)[C@H](O[C@@H]7OC[C@@H](O)[C@H](O)[C@H]7O)[C@H](O)[C@H]6O[C@@H]6O[C@H](CO)[C@@H](O)[C@H](O[C@@H]7O[C@H](O)[C@@H](O[C@@H]8OC[C@@H](O)[C@H](O)[C@H]8O)[C@H](O)[C@H]7O)[C@H]6O)CC[C@]5(C)[C@H]4CC(=O)[C@]3(C)[C@H]1[C@@H]2C. The maximum Gasteiger partial charge on any atom is 0.189 e. The van der Waals surface area contributed by atoms with Gasteiger partial charge in [0.2, 0.25) is 0 Å². The van der Waals surface area contributed by atoms with Gasteiger partial charge in [0.05, 0.1) is 45.2 Å². The molecular formula is C54H86O27. The average molecular weight is 1170 g/mol. The Labute approximate surface area is 468 Å². The minimum atomic E-state index is -2.16. The minimum Gasteiger partial charge on any atom is -0.394 e. The third kappa shape index (κ3) is 10.6. The molecule has 81 heavy (non-hydrogen) atoms. The standard InChI is InChI=1S/C54H86O27/c1-19-7-10-54(72-16-19)20(2)32-28(81-54)12-25-23-6-5-21-11-22(8-9-52(21,3)24(23)13-31(59)53(25,32)4)73-51-45(40(67)42(30(15-56)75-51)76-47-37(64)33(60)26(57)17-70-47)79-50-41(68)43(35(62)29(14-55)74-50)77-49-39(66)36(63)44(46(69)80-49)78-48-38(65)34(61)27(58)18-71-48/h19-30,32-51,55-58,60-69H,5-18H2,1-4H3/t19-,20+,21+,22+,23-,24+,25+,26-,27-,28+,29-,30-,32+,33+,34+,35-,36-,37-,38-,39-,40+,41-,42+,43+,44+,45-,46+,47+,48+,49-,50+,51-,52+,53-,54-/m1/s1. The second-order valence-electron chi connectivity index (χ2n) is 25.8. The number of Topliss-reactive ketones (excluding diaryl/α,β-unsaturated/α-hetero) is 1. The van der Waals surface area contributed by atoms with E-state index in [0.717, 1.165) is 32.1 Å². The molecule has 0 aromatic rings. The first-order chi connectivity index (χ1) is 38.4. The summed E-state index contributed by atoms with van der Waals surface area (Å²) >= 11 is 0. The van der Waals surface area contributed by atoms with Crippen LogP contribution >= 0.6 is 0 Å². The van der Waals surface area contributed by atoms with Crippen molar-refractivity contribution < 1.29 is 133 Å². The highest BCUT2D eigenvalue weighted by Gasteiger charge is 2.72. The predicted molar refractivity (Wildman–Crippen MR) is 264 cm³/mol. The minimum absolute atomic E-state index is 0.0574. The molecule has 27 heteroatoms. The average Bonchev–Trinajstić information content (AvgIpc) is 3.94. The Balaban J connectivity index is 0.798. The summed E-state index contributed by atoms with van der Waals surface area (Å²) in [6, 6.07) is 0. The number of carbonyl (C=O) groups excluding carboxylic acids is 1. The number of hydrogen-bond donors (Lipinski definition) is 14. The fourth-order valence-electron chi connectivity index (χ4n) is 16.5. The third-order valence-electron chi connectivity index (χ3n) is 21.3. The number of ketones is 1. The molecule has 11 rings (SSSR count). The van der Waals surface area contributed by atoms with Crippen molar-refractivity contribution in [2.45, 2.75) is 245 Å². The normalized spacial score (nSPS) is 57.6. The van der Waals surface area contributed by atoms with E-state index in [1.807, 2.05) is 0 Å². The zero-order chi connectivity index (χ0) is 57.9. The Morgan fingerprint density at radius 2 is 1.15 bits per heavy atom. The molecule has 464 valence electrons. The van der Waals surface area contributed by atoms with Gasteiger partial charge in [-0.1, -0.05) is 27.7 Å². The van der Waals surface area contributed by atoms with Crippen LogP contribution in [0.5, 0.6) is 0 Å². The molecule has 14 N–H and O–H groups in total. The van der Waals surface area contributed by atoms with Crippen LogP contribution in [-0.4, -0.2) is 270 Å². The van der Waals surface area contributed by atoms with Crippen LogP contribution < -0.4 is 0 Å². The lowest BCUT2D eigenvalue weighted by atomic mass is 9.44. The summed E-state index contributed by atoms with van der Waals surface area (Å²) in [5, 5.41) is 152. The molecular weight excluding hydrogens is 1080 g/mol. The van der Waals surface area contributed by atoms with Crippen molar-refractivity contribution >= 4 is 5.78 Å². The highest BCUT2D eigenvalue weighted by molar-refractivity contribution is 5.87. The van der Waals surface area contributed by atoms with Crippen LogP contribution in [0.3, 0.4) is 0 Å². The summed E-state index contributed by atoms with van der Waals surface area (Å²) in [6.07, 6.45) is -35.7. The summed E-state index contributed by atoms with van der Waals surface area (Å²) in [7, 11) is 0. The van der Waals surface area contributed by atoms with E-state index in [2.05, 4.69) is 27.7 Å². The smallest absolute Gasteiger partial charge is 0.189 e. The molecule has 1 spiro atoms. The third-order valence-corrected chi connectivity index (χ3v) is 21.3. The molecule has 7 heterocycles. The number of fused-ring (bicyclic) bond motifs is 7. The van der Waals surface area contributed by atoms with Crippen LogP contribution in [0.4, 0.5) is 0 Å². The molecule has 0 amide bonds. The Bertz CT molecular complexity index is 2160. The highest BCUT2D eigenvalue weighted by atomic mass is 16.8. The molecule has 0 aromatic heterocycles. The largest absolute Gasteiger partial charge is 0.394 e. The number of carbonyl (C=O) groups is 1. The van der Waals surface area contributed by atoms with Gasteiger partial charge in [-0.3, -0.25) is 4.79 Å². The number of rotatable bonds is 12. The van der Waals surface area contributed by atoms with Gasteiger partial charge < -0.3 is 128 Å². The molecule has 11 aliphatic rings. The summed E-state index contributed by atoms with van der Waals surface area (Å²) in [4.78, 5) is 14.9. The zero-order valence-electron chi connectivity index (χ0n) is 45.9. The molecule has 4 aliphatic carbocycles. The first-order valence-electron chi connectivity index (χ1n) is 29.1. The van der Waals surface area contributed by atoms with Crippen molar-refractivity contribution in [1.29, 1.82) is 0 Å². The molecule has 0 radical (unpaired) electrons. The van der Waals surface area contributed by atoms with Crippen molar-refractivity contribution in [1.82, 2.24) is 0 Å². The van der Waals surface area contributed by atoms with Gasteiger partial charge in [-0.25, -0.2) is 0 Å². The van der Waals surface area contributed by atoms with Gasteiger partial charge in [0.15, 0.2) is 43.5 Å². The van der Waals surface area contributed by atoms with E-state index < -0.39 is 185 Å². The van der Waals surface area contributed by atoms with E-state index in [-0.39, 0.29) is 46.9 Å². The van der Waals surface area contributed by atoms with Crippen molar-refractivity contribution in [3.8, 4) is 0 Å². The zero-order valence-corrected chi connectivity index (χ0v) is 45.9. The molecule has 0 unspecified atom stereocenters. The van der Waals surface area contributed by atoms with Crippen LogP contribution in [0.2, 0.25) is 0 Å². The lowest BCUT2D eigenvalue weighted by Crippen LogP contribution is -2.68. The molecule has 0 bridgehead atoms. The van der Waals surface area contributed by atoms with Crippen molar-refractivity contribution in [3.05, 3.63) is 0 Å². The van der Waals surface area contributed by atoms with Gasteiger partial charge in [0.25, 0.3) is 0 Å². The molecule has 35 atom stereocenters. The first-order valence-corrected chi connectivity index (χ1v) is 29.1.